The molecule has 6 nitrogen and oxygen atoms in total. The highest BCUT2D eigenvalue weighted by Gasteiger charge is 2.17. The van der Waals surface area contributed by atoms with E-state index in [1.807, 2.05) is 60.8 Å². The van der Waals surface area contributed by atoms with Crippen molar-refractivity contribution in [3.63, 3.8) is 0 Å². The molecular weight excluding hydrogens is 376 g/mol. The van der Waals surface area contributed by atoms with Crippen LogP contribution in [0.1, 0.15) is 0 Å². The summed E-state index contributed by atoms with van der Waals surface area (Å²) in [6.45, 7) is 0.155. The molecular formula is C21H17ClN4O2. The van der Waals surface area contributed by atoms with Gasteiger partial charge in [0.2, 0.25) is 11.7 Å². The summed E-state index contributed by atoms with van der Waals surface area (Å²) in [6, 6.07) is 20.4. The van der Waals surface area contributed by atoms with E-state index in [4.69, 9.17) is 16.1 Å². The van der Waals surface area contributed by atoms with Crippen molar-refractivity contribution in [2.45, 2.75) is 6.54 Å². The smallest absolute Gasteiger partial charge is 0.274 e. The Kier molecular flexibility index (Phi) is 4.95. The number of halogens is 1. The highest BCUT2D eigenvalue weighted by molar-refractivity contribution is 6.30. The van der Waals surface area contributed by atoms with Gasteiger partial charge < -0.3 is 14.0 Å². The van der Waals surface area contributed by atoms with Crippen molar-refractivity contribution < 1.29 is 9.32 Å². The molecule has 1 amide bonds. The number of hydrogen-bond donors (Lipinski definition) is 0. The quantitative estimate of drug-likeness (QED) is 0.501. The second-order valence-corrected chi connectivity index (χ2v) is 6.68. The minimum Gasteiger partial charge on any atom is -0.334 e. The Labute approximate surface area is 167 Å². The van der Waals surface area contributed by atoms with Gasteiger partial charge in [0.15, 0.2) is 0 Å². The summed E-state index contributed by atoms with van der Waals surface area (Å²) in [7, 11) is 1.75. The molecule has 2 aromatic carbocycles. The third-order valence-electron chi connectivity index (χ3n) is 4.38. The molecule has 0 radical (unpaired) electrons. The average molecular weight is 393 g/mol. The van der Waals surface area contributed by atoms with E-state index in [2.05, 4.69) is 10.1 Å². The summed E-state index contributed by atoms with van der Waals surface area (Å²) in [5.41, 5.74) is 2.28. The van der Waals surface area contributed by atoms with Crippen molar-refractivity contribution >= 4 is 23.2 Å². The maximum absolute atomic E-state index is 12.7. The van der Waals surface area contributed by atoms with Gasteiger partial charge in [-0.25, -0.2) is 0 Å². The van der Waals surface area contributed by atoms with E-state index in [0.717, 1.165) is 11.3 Å². The van der Waals surface area contributed by atoms with Gasteiger partial charge in [-0.3, -0.25) is 4.79 Å². The molecule has 7 heteroatoms. The lowest BCUT2D eigenvalue weighted by Crippen LogP contribution is -2.29. The Bertz CT molecular complexity index is 1100. The summed E-state index contributed by atoms with van der Waals surface area (Å²) in [5.74, 6) is 0.728. The van der Waals surface area contributed by atoms with Gasteiger partial charge in [-0.2, -0.15) is 4.98 Å². The maximum Gasteiger partial charge on any atom is 0.274 e. The Hall–Kier alpha value is -3.38. The van der Waals surface area contributed by atoms with Crippen LogP contribution in [-0.4, -0.2) is 27.7 Å². The van der Waals surface area contributed by atoms with E-state index in [9.17, 15) is 4.79 Å². The number of anilines is 1. The number of carbonyl (C=O) groups is 1. The van der Waals surface area contributed by atoms with Gasteiger partial charge in [0.1, 0.15) is 12.2 Å². The lowest BCUT2D eigenvalue weighted by atomic mass is 10.2. The molecule has 140 valence electrons. The molecule has 28 heavy (non-hydrogen) atoms. The molecule has 0 fully saturated rings. The van der Waals surface area contributed by atoms with Gasteiger partial charge in [0.05, 0.1) is 0 Å². The van der Waals surface area contributed by atoms with Crippen LogP contribution in [0, 0.1) is 0 Å². The fraction of sp³-hybridized carbons (Fsp3) is 0.0952. The normalized spacial score (nSPS) is 10.8. The van der Waals surface area contributed by atoms with Crippen molar-refractivity contribution in [1.82, 2.24) is 14.7 Å². The molecule has 0 saturated heterocycles. The Morgan fingerprint density at radius 2 is 1.93 bits per heavy atom. The maximum atomic E-state index is 12.7. The number of nitrogens with zero attached hydrogens (tertiary/aromatic N) is 4. The van der Waals surface area contributed by atoms with E-state index >= 15 is 0 Å². The van der Waals surface area contributed by atoms with Gasteiger partial charge in [-0.05, 0) is 36.4 Å². The molecule has 2 heterocycles. The monoisotopic (exact) mass is 392 g/mol. The molecule has 2 aromatic heterocycles. The zero-order valence-corrected chi connectivity index (χ0v) is 15.9. The van der Waals surface area contributed by atoms with Gasteiger partial charge in [-0.1, -0.05) is 47.1 Å². The van der Waals surface area contributed by atoms with Crippen LogP contribution >= 0.6 is 11.6 Å². The van der Waals surface area contributed by atoms with Crippen molar-refractivity contribution in [3.8, 4) is 23.0 Å². The summed E-state index contributed by atoms with van der Waals surface area (Å²) in [5, 5.41) is 4.63. The summed E-state index contributed by atoms with van der Waals surface area (Å²) >= 11 is 6.03. The van der Waals surface area contributed by atoms with E-state index in [-0.39, 0.29) is 12.5 Å². The number of hydrogen-bond acceptors (Lipinski definition) is 4. The molecule has 4 rings (SSSR count). The first kappa shape index (κ1) is 18.0. The van der Waals surface area contributed by atoms with Crippen LogP contribution < -0.4 is 4.90 Å². The molecule has 0 spiro atoms. The molecule has 0 N–H and O–H groups in total. The molecule has 0 unspecified atom stereocenters. The lowest BCUT2D eigenvalue weighted by molar-refractivity contribution is -0.118. The topological polar surface area (TPSA) is 64.2 Å². The molecule has 0 aliphatic rings. The van der Waals surface area contributed by atoms with Crippen molar-refractivity contribution in [2.24, 2.45) is 0 Å². The third kappa shape index (κ3) is 3.68. The van der Waals surface area contributed by atoms with Crippen LogP contribution in [0.25, 0.3) is 23.0 Å². The Balaban J connectivity index is 1.56. The second kappa shape index (κ2) is 7.70. The van der Waals surface area contributed by atoms with Gasteiger partial charge >= 0.3 is 0 Å². The minimum atomic E-state index is -0.0572. The van der Waals surface area contributed by atoms with E-state index in [1.54, 1.807) is 28.6 Å². The summed E-state index contributed by atoms with van der Waals surface area (Å²) in [4.78, 5) is 18.8. The van der Waals surface area contributed by atoms with Crippen LogP contribution in [0.4, 0.5) is 5.69 Å². The highest BCUT2D eigenvalue weighted by atomic mass is 35.5. The Morgan fingerprint density at radius 3 is 2.71 bits per heavy atom. The second-order valence-electron chi connectivity index (χ2n) is 6.24. The highest BCUT2D eigenvalue weighted by Crippen LogP contribution is 2.24. The standard InChI is InChI=1S/C21H17ClN4O2/c1-25(17-9-3-2-4-10-17)19(27)14-26-12-6-11-18(26)21-23-20(24-28-21)15-7-5-8-16(22)13-15/h2-13H,14H2,1H3. The van der Waals surface area contributed by atoms with Crippen LogP contribution in [0.5, 0.6) is 0 Å². The molecule has 0 aliphatic heterocycles. The number of likely N-dealkylation sites (N-methyl/N-ethyl adjacent to an activating group) is 1. The fourth-order valence-electron chi connectivity index (χ4n) is 2.87. The first-order chi connectivity index (χ1) is 13.6. The number of amides is 1. The first-order valence-electron chi connectivity index (χ1n) is 8.68. The van der Waals surface area contributed by atoms with Gasteiger partial charge in [-0.15, -0.1) is 0 Å². The first-order valence-corrected chi connectivity index (χ1v) is 9.06. The largest absolute Gasteiger partial charge is 0.334 e. The zero-order chi connectivity index (χ0) is 19.5. The fourth-order valence-corrected chi connectivity index (χ4v) is 3.06. The molecule has 0 bridgehead atoms. The van der Waals surface area contributed by atoms with Crippen molar-refractivity contribution in [3.05, 3.63) is 77.9 Å². The van der Waals surface area contributed by atoms with Crippen molar-refractivity contribution in [1.29, 1.82) is 0 Å². The zero-order valence-electron chi connectivity index (χ0n) is 15.1. The van der Waals surface area contributed by atoms with Crippen LogP contribution in [0.3, 0.4) is 0 Å². The predicted molar refractivity (Wildman–Crippen MR) is 108 cm³/mol. The number of para-hydroxylation sites is 1. The number of rotatable bonds is 5. The van der Waals surface area contributed by atoms with E-state index in [1.165, 1.54) is 0 Å². The van der Waals surface area contributed by atoms with Gasteiger partial charge in [0.25, 0.3) is 5.89 Å². The van der Waals surface area contributed by atoms with Gasteiger partial charge in [0, 0.05) is 29.5 Å². The van der Waals surface area contributed by atoms with Crippen LogP contribution in [-0.2, 0) is 11.3 Å². The number of aromatic nitrogens is 3. The molecule has 0 aliphatic carbocycles. The molecule has 0 atom stereocenters. The SMILES string of the molecule is CN(C(=O)Cn1cccc1-c1nc(-c2cccc(Cl)c2)no1)c1ccccc1. The minimum absolute atomic E-state index is 0.0572. The third-order valence-corrected chi connectivity index (χ3v) is 4.62. The molecule has 4 aromatic rings. The van der Waals surface area contributed by atoms with E-state index in [0.29, 0.717) is 22.4 Å². The van der Waals surface area contributed by atoms with Crippen LogP contribution in [0.2, 0.25) is 5.02 Å². The van der Waals surface area contributed by atoms with E-state index < -0.39 is 0 Å². The summed E-state index contributed by atoms with van der Waals surface area (Å²) < 4.78 is 7.21. The number of carbonyl (C=O) groups excluding carboxylic acids is 1. The Morgan fingerprint density at radius 1 is 1.11 bits per heavy atom. The molecule has 0 saturated carbocycles. The van der Waals surface area contributed by atoms with Crippen LogP contribution in [0.15, 0.2) is 77.4 Å². The lowest BCUT2D eigenvalue weighted by Gasteiger charge is -2.18. The predicted octanol–water partition coefficient (Wildman–Crippen LogP) is 4.52. The average Bonchev–Trinajstić information content (AvgIpc) is 3.37. The number of benzene rings is 2. The van der Waals surface area contributed by atoms with Crippen molar-refractivity contribution in [2.75, 3.05) is 11.9 Å². The summed E-state index contributed by atoms with van der Waals surface area (Å²) in [6.07, 6.45) is 1.81.